The average molecular weight is 336 g/mol. The Kier molecular flexibility index (Phi) is 3.70. The number of nitrogens with one attached hydrogen (secondary N) is 1. The van der Waals surface area contributed by atoms with Crippen LogP contribution in [-0.4, -0.2) is 24.8 Å². The van der Waals surface area contributed by atoms with Gasteiger partial charge in [-0.1, -0.05) is 30.3 Å². The molecule has 3 aromatic heterocycles. The van der Waals surface area contributed by atoms with Crippen LogP contribution in [0.25, 0.3) is 17.0 Å². The molecule has 0 saturated heterocycles. The third-order valence-corrected chi connectivity index (χ3v) is 4.66. The molecule has 0 amide bonds. The molecule has 6 nitrogen and oxygen atoms in total. The van der Waals surface area contributed by atoms with E-state index in [0.717, 1.165) is 33.6 Å². The molecule has 3 heterocycles. The normalized spacial score (nSPS) is 11.1. The molecule has 0 bridgehead atoms. The van der Waals surface area contributed by atoms with Gasteiger partial charge in [0.05, 0.1) is 17.2 Å². The van der Waals surface area contributed by atoms with Crippen LogP contribution >= 0.6 is 11.3 Å². The Labute approximate surface area is 143 Å². The number of rotatable bonds is 4. The molecule has 120 valence electrons. The highest BCUT2D eigenvalue weighted by molar-refractivity contribution is 7.11. The summed E-state index contributed by atoms with van der Waals surface area (Å²) in [4.78, 5) is 5.77. The first kappa shape index (κ1) is 14.8. The summed E-state index contributed by atoms with van der Waals surface area (Å²) in [7, 11) is 0. The van der Waals surface area contributed by atoms with Gasteiger partial charge in [-0.05, 0) is 26.0 Å². The smallest absolute Gasteiger partial charge is 0.185 e. The van der Waals surface area contributed by atoms with Crippen LogP contribution in [0.1, 0.15) is 15.6 Å². The van der Waals surface area contributed by atoms with Gasteiger partial charge in [0.1, 0.15) is 5.82 Å². The van der Waals surface area contributed by atoms with E-state index in [0.29, 0.717) is 6.54 Å². The number of anilines is 1. The summed E-state index contributed by atoms with van der Waals surface area (Å²) in [6, 6.07) is 13.8. The quantitative estimate of drug-likeness (QED) is 0.618. The predicted molar refractivity (Wildman–Crippen MR) is 95.1 cm³/mol. The second-order valence-corrected chi connectivity index (χ2v) is 6.87. The molecule has 0 spiro atoms. The third-order valence-electron chi connectivity index (χ3n) is 3.73. The molecule has 7 heteroatoms. The van der Waals surface area contributed by atoms with Crippen LogP contribution in [0.5, 0.6) is 0 Å². The number of thiazole rings is 1. The van der Waals surface area contributed by atoms with Crippen LogP contribution < -0.4 is 5.32 Å². The number of hydrogen-bond acceptors (Lipinski definition) is 6. The Morgan fingerprint density at radius 1 is 1.04 bits per heavy atom. The third kappa shape index (κ3) is 2.74. The average Bonchev–Trinajstić information content (AvgIpc) is 3.16. The second-order valence-electron chi connectivity index (χ2n) is 5.47. The van der Waals surface area contributed by atoms with Gasteiger partial charge >= 0.3 is 0 Å². The van der Waals surface area contributed by atoms with E-state index in [4.69, 9.17) is 0 Å². The van der Waals surface area contributed by atoms with Crippen molar-refractivity contribution < 1.29 is 0 Å². The first-order valence-corrected chi connectivity index (χ1v) is 8.47. The molecule has 0 saturated carbocycles. The minimum atomic E-state index is 0.650. The molecule has 0 radical (unpaired) electrons. The summed E-state index contributed by atoms with van der Waals surface area (Å²) in [5, 5.41) is 17.5. The van der Waals surface area contributed by atoms with Gasteiger partial charge in [0.2, 0.25) is 0 Å². The monoisotopic (exact) mass is 336 g/mol. The molecule has 0 fully saturated rings. The summed E-state index contributed by atoms with van der Waals surface area (Å²) < 4.78 is 1.76. The summed E-state index contributed by atoms with van der Waals surface area (Å²) in [6.07, 6.45) is 0. The maximum absolute atomic E-state index is 4.62. The van der Waals surface area contributed by atoms with Crippen molar-refractivity contribution in [1.29, 1.82) is 0 Å². The number of nitrogens with zero attached hydrogens (tertiary/aromatic N) is 5. The molecule has 0 aliphatic heterocycles. The molecular formula is C17H16N6S. The lowest BCUT2D eigenvalue weighted by Gasteiger charge is -2.05. The van der Waals surface area contributed by atoms with Crippen molar-refractivity contribution in [3.8, 4) is 11.4 Å². The molecule has 0 atom stereocenters. The lowest BCUT2D eigenvalue weighted by Crippen LogP contribution is -2.05. The maximum Gasteiger partial charge on any atom is 0.185 e. The molecule has 0 aliphatic carbocycles. The Bertz CT molecular complexity index is 989. The zero-order chi connectivity index (χ0) is 16.5. The minimum Gasteiger partial charge on any atom is -0.363 e. The highest BCUT2D eigenvalue weighted by Gasteiger charge is 2.10. The van der Waals surface area contributed by atoms with Gasteiger partial charge in [-0.15, -0.1) is 26.6 Å². The van der Waals surface area contributed by atoms with Gasteiger partial charge < -0.3 is 5.32 Å². The van der Waals surface area contributed by atoms with Crippen molar-refractivity contribution >= 4 is 22.8 Å². The lowest BCUT2D eigenvalue weighted by atomic mass is 10.2. The highest BCUT2D eigenvalue weighted by Crippen LogP contribution is 2.19. The van der Waals surface area contributed by atoms with Gasteiger partial charge in [-0.25, -0.2) is 4.98 Å². The van der Waals surface area contributed by atoms with E-state index in [-0.39, 0.29) is 0 Å². The summed E-state index contributed by atoms with van der Waals surface area (Å²) in [6.45, 7) is 4.76. The zero-order valence-electron chi connectivity index (χ0n) is 13.4. The van der Waals surface area contributed by atoms with Gasteiger partial charge in [0, 0.05) is 10.4 Å². The van der Waals surface area contributed by atoms with Crippen molar-refractivity contribution in [2.45, 2.75) is 20.4 Å². The van der Waals surface area contributed by atoms with Crippen molar-refractivity contribution in [2.75, 3.05) is 5.32 Å². The van der Waals surface area contributed by atoms with Gasteiger partial charge in [-0.3, -0.25) is 0 Å². The fourth-order valence-corrected chi connectivity index (χ4v) is 3.40. The first-order valence-electron chi connectivity index (χ1n) is 7.65. The number of benzene rings is 1. The van der Waals surface area contributed by atoms with Crippen molar-refractivity contribution in [2.24, 2.45) is 0 Å². The van der Waals surface area contributed by atoms with Crippen molar-refractivity contribution in [1.82, 2.24) is 24.8 Å². The fraction of sp³-hybridized carbons (Fsp3) is 0.176. The standard InChI is InChI=1S/C17H16N6S/c1-11-14(19-12(2)24-11)10-18-15-8-9-16-20-21-17(23(16)22-15)13-6-4-3-5-7-13/h3-9H,10H2,1-2H3,(H,18,22). The van der Waals surface area contributed by atoms with Gasteiger partial charge in [-0.2, -0.15) is 4.52 Å². The molecular weight excluding hydrogens is 320 g/mol. The van der Waals surface area contributed by atoms with Crippen molar-refractivity contribution in [3.05, 3.63) is 58.0 Å². The van der Waals surface area contributed by atoms with E-state index in [1.807, 2.05) is 49.4 Å². The summed E-state index contributed by atoms with van der Waals surface area (Å²) in [5.41, 5.74) is 2.77. The Hall–Kier alpha value is -2.80. The number of hydrogen-bond donors (Lipinski definition) is 1. The molecule has 0 unspecified atom stereocenters. The molecule has 0 aliphatic rings. The fourth-order valence-electron chi connectivity index (χ4n) is 2.56. The van der Waals surface area contributed by atoms with Crippen LogP contribution in [0.3, 0.4) is 0 Å². The number of aryl methyl sites for hydroxylation is 2. The Morgan fingerprint density at radius 3 is 2.62 bits per heavy atom. The predicted octanol–water partition coefficient (Wildman–Crippen LogP) is 3.48. The first-order chi connectivity index (χ1) is 11.7. The number of fused-ring (bicyclic) bond motifs is 1. The number of aromatic nitrogens is 5. The van der Waals surface area contributed by atoms with Crippen LogP contribution in [0.15, 0.2) is 42.5 Å². The maximum atomic E-state index is 4.62. The topological polar surface area (TPSA) is 68.0 Å². The van der Waals surface area contributed by atoms with Gasteiger partial charge in [0.25, 0.3) is 0 Å². The van der Waals surface area contributed by atoms with E-state index < -0.39 is 0 Å². The largest absolute Gasteiger partial charge is 0.363 e. The second kappa shape index (κ2) is 6.01. The van der Waals surface area contributed by atoms with Crippen molar-refractivity contribution in [3.63, 3.8) is 0 Å². The van der Waals surface area contributed by atoms with E-state index in [1.165, 1.54) is 4.88 Å². The van der Waals surface area contributed by atoms with E-state index in [2.05, 4.69) is 32.5 Å². The molecule has 4 aromatic rings. The van der Waals surface area contributed by atoms with Crippen LogP contribution in [0.2, 0.25) is 0 Å². The van der Waals surface area contributed by atoms with Crippen LogP contribution in [0, 0.1) is 13.8 Å². The lowest BCUT2D eigenvalue weighted by molar-refractivity contribution is 0.918. The Balaban J connectivity index is 1.64. The van der Waals surface area contributed by atoms with Crippen LogP contribution in [0.4, 0.5) is 5.82 Å². The molecule has 4 rings (SSSR count). The summed E-state index contributed by atoms with van der Waals surface area (Å²) in [5.74, 6) is 1.50. The van der Waals surface area contributed by atoms with Gasteiger partial charge in [0.15, 0.2) is 11.5 Å². The SMILES string of the molecule is Cc1nc(CNc2ccc3nnc(-c4ccccc4)n3n2)c(C)s1. The molecule has 24 heavy (non-hydrogen) atoms. The van der Waals surface area contributed by atoms with E-state index in [1.54, 1.807) is 15.9 Å². The van der Waals surface area contributed by atoms with E-state index in [9.17, 15) is 0 Å². The molecule has 1 aromatic carbocycles. The Morgan fingerprint density at radius 2 is 1.88 bits per heavy atom. The minimum absolute atomic E-state index is 0.650. The highest BCUT2D eigenvalue weighted by atomic mass is 32.1. The summed E-state index contributed by atoms with van der Waals surface area (Å²) >= 11 is 1.71. The van der Waals surface area contributed by atoms with Crippen LogP contribution in [-0.2, 0) is 6.54 Å². The molecule has 1 N–H and O–H groups in total. The van der Waals surface area contributed by atoms with E-state index >= 15 is 0 Å². The zero-order valence-corrected chi connectivity index (χ0v) is 14.2.